The van der Waals surface area contributed by atoms with Crippen LogP contribution < -0.4 is 5.32 Å². The number of aromatic amines is 1. The molecule has 0 unspecified atom stereocenters. The summed E-state index contributed by atoms with van der Waals surface area (Å²) in [6.45, 7) is 0. The van der Waals surface area contributed by atoms with E-state index in [0.717, 1.165) is 16.6 Å². The highest BCUT2D eigenvalue weighted by molar-refractivity contribution is 6.09. The van der Waals surface area contributed by atoms with Crippen LogP contribution >= 0.6 is 0 Å². The lowest BCUT2D eigenvalue weighted by Gasteiger charge is -2.08. The summed E-state index contributed by atoms with van der Waals surface area (Å²) >= 11 is 0. The molecule has 4 nitrogen and oxygen atoms in total. The molecule has 1 aromatic carbocycles. The standard InChI is InChI=1S/C10H6N3O/c14-10-8-6(3-4-11-10)1-2-7-9(8)13-5-12-7/h1-5H,(H,12,13). The highest BCUT2D eigenvalue weighted by Gasteiger charge is 2.18. The van der Waals surface area contributed by atoms with Gasteiger partial charge in [-0.3, -0.25) is 4.79 Å². The van der Waals surface area contributed by atoms with Crippen molar-refractivity contribution in [2.24, 2.45) is 0 Å². The van der Waals surface area contributed by atoms with Crippen molar-refractivity contribution in [1.29, 1.82) is 0 Å². The molecular weight excluding hydrogens is 178 g/mol. The van der Waals surface area contributed by atoms with E-state index in [0.29, 0.717) is 5.56 Å². The summed E-state index contributed by atoms with van der Waals surface area (Å²) in [5.74, 6) is -0.211. The predicted octanol–water partition coefficient (Wildman–Crippen LogP) is 1.29. The Morgan fingerprint density at radius 1 is 1.29 bits per heavy atom. The fraction of sp³-hybridized carbons (Fsp3) is 0. The summed E-state index contributed by atoms with van der Waals surface area (Å²) in [6, 6.07) is 3.76. The van der Waals surface area contributed by atoms with Gasteiger partial charge in [0.15, 0.2) is 0 Å². The van der Waals surface area contributed by atoms with Gasteiger partial charge in [0.2, 0.25) is 0 Å². The molecule has 1 aliphatic heterocycles. The molecular formula is C10H6N3O. The molecule has 0 atom stereocenters. The van der Waals surface area contributed by atoms with E-state index in [2.05, 4.69) is 15.3 Å². The fourth-order valence-electron chi connectivity index (χ4n) is 1.65. The maximum absolute atomic E-state index is 11.5. The second kappa shape index (κ2) is 2.45. The summed E-state index contributed by atoms with van der Waals surface area (Å²) in [5.41, 5.74) is 3.06. The van der Waals surface area contributed by atoms with E-state index in [1.807, 2.05) is 18.2 Å². The monoisotopic (exact) mass is 184 g/mol. The molecule has 4 heteroatoms. The van der Waals surface area contributed by atoms with Crippen molar-refractivity contribution in [2.45, 2.75) is 0 Å². The number of rotatable bonds is 0. The molecule has 0 fully saturated rings. The minimum atomic E-state index is -0.211. The Hall–Kier alpha value is -2.10. The number of hydrogen-bond acceptors (Lipinski definition) is 2. The van der Waals surface area contributed by atoms with Crippen molar-refractivity contribution in [2.75, 3.05) is 0 Å². The van der Waals surface area contributed by atoms with Gasteiger partial charge in [-0.15, -0.1) is 0 Å². The molecule has 0 aliphatic carbocycles. The maximum atomic E-state index is 11.5. The SMILES string of the molecule is O=C1[N]C=Cc2ccc3nc[nH]c3c21. The molecule has 1 aliphatic rings. The van der Waals surface area contributed by atoms with Crippen LogP contribution in [-0.2, 0) is 0 Å². The lowest BCUT2D eigenvalue weighted by molar-refractivity contribution is 0.0966. The lowest BCUT2D eigenvalue weighted by atomic mass is 10.0. The van der Waals surface area contributed by atoms with Crippen LogP contribution in [0, 0.1) is 0 Å². The Bertz CT molecular complexity index is 553. The molecule has 2 aromatic rings. The normalized spacial score (nSPS) is 14.1. The summed E-state index contributed by atoms with van der Waals surface area (Å²) in [7, 11) is 0. The van der Waals surface area contributed by atoms with E-state index in [-0.39, 0.29) is 5.91 Å². The van der Waals surface area contributed by atoms with E-state index in [9.17, 15) is 4.79 Å². The molecule has 2 heterocycles. The number of fused-ring (bicyclic) bond motifs is 3. The van der Waals surface area contributed by atoms with Gasteiger partial charge in [-0.25, -0.2) is 10.3 Å². The van der Waals surface area contributed by atoms with Gasteiger partial charge in [0.25, 0.3) is 5.91 Å². The summed E-state index contributed by atoms with van der Waals surface area (Å²) in [4.78, 5) is 18.6. The number of aromatic nitrogens is 2. The fourth-order valence-corrected chi connectivity index (χ4v) is 1.65. The van der Waals surface area contributed by atoms with Gasteiger partial charge >= 0.3 is 0 Å². The maximum Gasteiger partial charge on any atom is 0.279 e. The topological polar surface area (TPSA) is 59.9 Å². The molecule has 1 amide bonds. The van der Waals surface area contributed by atoms with Gasteiger partial charge in [-0.2, -0.15) is 0 Å². The molecule has 0 saturated carbocycles. The highest BCUT2D eigenvalue weighted by atomic mass is 16.1. The molecule has 1 N–H and O–H groups in total. The van der Waals surface area contributed by atoms with Crippen LogP contribution in [-0.4, -0.2) is 15.9 Å². The number of benzene rings is 1. The minimum Gasteiger partial charge on any atom is -0.344 e. The molecule has 3 rings (SSSR count). The molecule has 67 valence electrons. The molecule has 0 bridgehead atoms. The number of H-pyrrole nitrogens is 1. The second-order valence-corrected chi connectivity index (χ2v) is 3.08. The highest BCUT2D eigenvalue weighted by Crippen LogP contribution is 2.22. The molecule has 1 aromatic heterocycles. The minimum absolute atomic E-state index is 0.211. The van der Waals surface area contributed by atoms with Crippen LogP contribution in [0.5, 0.6) is 0 Å². The van der Waals surface area contributed by atoms with Crippen molar-refractivity contribution >= 4 is 23.0 Å². The van der Waals surface area contributed by atoms with E-state index in [1.54, 1.807) is 6.33 Å². The molecule has 0 spiro atoms. The van der Waals surface area contributed by atoms with Gasteiger partial charge in [0.1, 0.15) is 0 Å². The quantitative estimate of drug-likeness (QED) is 0.670. The predicted molar refractivity (Wildman–Crippen MR) is 51.6 cm³/mol. The van der Waals surface area contributed by atoms with Crippen LogP contribution in [0.2, 0.25) is 0 Å². The van der Waals surface area contributed by atoms with Crippen molar-refractivity contribution in [3.05, 3.63) is 35.8 Å². The van der Waals surface area contributed by atoms with Gasteiger partial charge in [0, 0.05) is 6.20 Å². The number of nitrogens with one attached hydrogen (secondary N) is 1. The molecule has 14 heavy (non-hydrogen) atoms. The molecule has 0 saturated heterocycles. The molecule has 1 radical (unpaired) electrons. The third-order valence-corrected chi connectivity index (χ3v) is 2.29. The van der Waals surface area contributed by atoms with E-state index >= 15 is 0 Å². The zero-order chi connectivity index (χ0) is 9.54. The van der Waals surface area contributed by atoms with E-state index in [4.69, 9.17) is 0 Å². The van der Waals surface area contributed by atoms with E-state index in [1.165, 1.54) is 6.20 Å². The first-order chi connectivity index (χ1) is 6.86. The summed E-state index contributed by atoms with van der Waals surface area (Å²) in [6.07, 6.45) is 4.92. The Kier molecular flexibility index (Phi) is 1.28. The average molecular weight is 184 g/mol. The van der Waals surface area contributed by atoms with Crippen LogP contribution in [0.25, 0.3) is 17.1 Å². The van der Waals surface area contributed by atoms with E-state index < -0.39 is 0 Å². The number of hydrogen-bond donors (Lipinski definition) is 1. The van der Waals surface area contributed by atoms with Crippen LogP contribution in [0.15, 0.2) is 24.7 Å². The Labute approximate surface area is 79.7 Å². The first-order valence-electron chi connectivity index (χ1n) is 4.24. The van der Waals surface area contributed by atoms with Crippen LogP contribution in [0.4, 0.5) is 0 Å². The van der Waals surface area contributed by atoms with Crippen LogP contribution in [0.1, 0.15) is 15.9 Å². The van der Waals surface area contributed by atoms with Crippen molar-refractivity contribution in [3.63, 3.8) is 0 Å². The lowest BCUT2D eigenvalue weighted by Crippen LogP contribution is -2.15. The zero-order valence-electron chi connectivity index (χ0n) is 7.19. The van der Waals surface area contributed by atoms with Gasteiger partial charge < -0.3 is 4.98 Å². The Morgan fingerprint density at radius 3 is 3.14 bits per heavy atom. The largest absolute Gasteiger partial charge is 0.344 e. The second-order valence-electron chi connectivity index (χ2n) is 3.08. The first kappa shape index (κ1) is 7.32. The van der Waals surface area contributed by atoms with Gasteiger partial charge in [-0.05, 0) is 17.7 Å². The third kappa shape index (κ3) is 0.821. The first-order valence-corrected chi connectivity index (χ1v) is 4.24. The summed E-state index contributed by atoms with van der Waals surface area (Å²) < 4.78 is 0. The van der Waals surface area contributed by atoms with Crippen molar-refractivity contribution in [1.82, 2.24) is 15.3 Å². The number of carbonyl (C=O) groups is 1. The Balaban J connectivity index is 2.47. The third-order valence-electron chi connectivity index (χ3n) is 2.29. The number of nitrogens with zero attached hydrogens (tertiary/aromatic N) is 2. The van der Waals surface area contributed by atoms with Gasteiger partial charge in [0.05, 0.1) is 22.9 Å². The average Bonchev–Trinajstić information content (AvgIpc) is 2.65. The zero-order valence-corrected chi connectivity index (χ0v) is 7.19. The van der Waals surface area contributed by atoms with Crippen molar-refractivity contribution < 1.29 is 4.79 Å². The van der Waals surface area contributed by atoms with Crippen molar-refractivity contribution in [3.8, 4) is 0 Å². The summed E-state index contributed by atoms with van der Waals surface area (Å²) in [5, 5.41) is 3.73. The number of amides is 1. The Morgan fingerprint density at radius 2 is 2.21 bits per heavy atom. The smallest absolute Gasteiger partial charge is 0.279 e. The van der Waals surface area contributed by atoms with Crippen LogP contribution in [0.3, 0.4) is 0 Å². The van der Waals surface area contributed by atoms with Gasteiger partial charge in [-0.1, -0.05) is 6.07 Å². The number of carbonyl (C=O) groups excluding carboxylic acids is 1. The number of imidazole rings is 1.